The number of carboxylic acids is 1. The molecule has 1 rings (SSSR count). The van der Waals surface area contributed by atoms with E-state index in [0.717, 1.165) is 19.3 Å². The van der Waals surface area contributed by atoms with Gasteiger partial charge in [-0.1, -0.05) is 162 Å². The summed E-state index contributed by atoms with van der Waals surface area (Å²) in [5, 5.41) is 9.19. The second kappa shape index (κ2) is 31.9. The molecule has 0 heterocycles. The highest BCUT2D eigenvalue weighted by Crippen LogP contribution is 2.24. The molecule has 1 N–H and O–H groups in total. The molecule has 2 unspecified atom stereocenters. The quantitative estimate of drug-likeness (QED) is 0.0643. The second-order valence-corrected chi connectivity index (χ2v) is 15.4. The van der Waals surface area contributed by atoms with Crippen LogP contribution in [0.1, 0.15) is 219 Å². The number of carbonyl (C=O) groups excluding carboxylic acids is 1. The van der Waals surface area contributed by atoms with Crippen molar-refractivity contribution in [2.45, 2.75) is 215 Å². The third-order valence-corrected chi connectivity index (χ3v) is 9.42. The number of ether oxygens (including phenoxy) is 2. The number of hydrogen-bond acceptors (Lipinski definition) is 4. The second-order valence-electron chi connectivity index (χ2n) is 15.4. The van der Waals surface area contributed by atoms with E-state index in [4.69, 9.17) is 9.47 Å². The maximum Gasteiger partial charge on any atom is 0.339 e. The molecule has 0 saturated heterocycles. The van der Waals surface area contributed by atoms with Crippen molar-refractivity contribution in [3.63, 3.8) is 0 Å². The Morgan fingerprint density at radius 1 is 0.592 bits per heavy atom. The highest BCUT2D eigenvalue weighted by Gasteiger charge is 2.26. The van der Waals surface area contributed by atoms with E-state index >= 15 is 0 Å². The Labute approximate surface area is 304 Å². The van der Waals surface area contributed by atoms with Crippen LogP contribution in [0.5, 0.6) is 5.75 Å². The molecule has 0 aliphatic heterocycles. The largest absolute Gasteiger partial charge is 0.492 e. The van der Waals surface area contributed by atoms with Crippen molar-refractivity contribution in [2.75, 3.05) is 6.61 Å². The fraction of sp³-hybridized carbons (Fsp3) is 0.818. The van der Waals surface area contributed by atoms with Gasteiger partial charge in [0, 0.05) is 0 Å². The first-order valence-corrected chi connectivity index (χ1v) is 20.8. The maximum atomic E-state index is 12.3. The molecule has 2 atom stereocenters. The van der Waals surface area contributed by atoms with E-state index in [2.05, 4.69) is 27.7 Å². The number of esters is 1. The van der Waals surface area contributed by atoms with Crippen LogP contribution in [0.15, 0.2) is 24.3 Å². The summed E-state index contributed by atoms with van der Waals surface area (Å²) in [4.78, 5) is 23.5. The summed E-state index contributed by atoms with van der Waals surface area (Å²) in [5.41, 5.74) is -0.138. The number of hydrogen-bond donors (Lipinski definition) is 1. The highest BCUT2D eigenvalue weighted by molar-refractivity contribution is 5.90. The van der Waals surface area contributed by atoms with Crippen LogP contribution < -0.4 is 4.74 Å². The van der Waals surface area contributed by atoms with Crippen LogP contribution in [0.3, 0.4) is 0 Å². The summed E-state index contributed by atoms with van der Waals surface area (Å²) < 4.78 is 11.7. The molecule has 1 aromatic carbocycles. The minimum absolute atomic E-state index is 0.0330. The van der Waals surface area contributed by atoms with Crippen LogP contribution in [0.4, 0.5) is 0 Å². The van der Waals surface area contributed by atoms with Crippen LogP contribution in [0, 0.1) is 11.3 Å². The topological polar surface area (TPSA) is 72.8 Å². The lowest BCUT2D eigenvalue weighted by atomic mass is 9.96. The molecule has 5 heteroatoms. The first kappa shape index (κ1) is 47.0. The van der Waals surface area contributed by atoms with E-state index in [1.165, 1.54) is 141 Å². The third-order valence-electron chi connectivity index (χ3n) is 9.42. The molecule has 0 aromatic heterocycles. The summed E-state index contributed by atoms with van der Waals surface area (Å²) >= 11 is 0. The average molecular weight is 689 g/mol. The van der Waals surface area contributed by atoms with Crippen molar-refractivity contribution in [1.29, 1.82) is 0 Å². The molecule has 0 saturated carbocycles. The number of para-hydroxylation sites is 1. The Hall–Kier alpha value is -2.04. The van der Waals surface area contributed by atoms with Gasteiger partial charge in [-0.05, 0) is 77.3 Å². The average Bonchev–Trinajstić information content (AvgIpc) is 3.08. The molecule has 0 spiro atoms. The van der Waals surface area contributed by atoms with Gasteiger partial charge in [0.05, 0.1) is 12.0 Å². The monoisotopic (exact) mass is 689 g/mol. The van der Waals surface area contributed by atoms with Crippen LogP contribution >= 0.6 is 0 Å². The Kier molecular flexibility index (Phi) is 30.6. The van der Waals surface area contributed by atoms with Crippen molar-refractivity contribution >= 4 is 11.9 Å². The predicted molar refractivity (Wildman–Crippen MR) is 210 cm³/mol. The SMILES string of the molecule is CCCCCCC(CCCC)COc1ccccc1C(=O)O.CCCCCCCCCCCC(CCCCCCCC)OC(=O)C(C)(C)C. The lowest BCUT2D eigenvalue weighted by molar-refractivity contribution is -0.159. The fourth-order valence-electron chi connectivity index (χ4n) is 6.07. The van der Waals surface area contributed by atoms with E-state index in [1.54, 1.807) is 18.2 Å². The molecule has 49 heavy (non-hydrogen) atoms. The number of aromatic carboxylic acids is 1. The fourth-order valence-corrected chi connectivity index (χ4v) is 6.07. The molecule has 0 aliphatic carbocycles. The lowest BCUT2D eigenvalue weighted by Crippen LogP contribution is -2.28. The molecule has 5 nitrogen and oxygen atoms in total. The zero-order valence-corrected chi connectivity index (χ0v) is 33.4. The van der Waals surface area contributed by atoms with Gasteiger partial charge in [0.25, 0.3) is 0 Å². The van der Waals surface area contributed by atoms with Gasteiger partial charge >= 0.3 is 11.9 Å². The van der Waals surface area contributed by atoms with Crippen molar-refractivity contribution in [3.8, 4) is 5.75 Å². The van der Waals surface area contributed by atoms with Crippen LogP contribution in [0.25, 0.3) is 0 Å². The van der Waals surface area contributed by atoms with Gasteiger partial charge in [0.2, 0.25) is 0 Å². The summed E-state index contributed by atoms with van der Waals surface area (Å²) in [6.07, 6.45) is 31.9. The smallest absolute Gasteiger partial charge is 0.339 e. The Morgan fingerprint density at radius 3 is 1.47 bits per heavy atom. The Bertz CT molecular complexity index is 905. The van der Waals surface area contributed by atoms with Gasteiger partial charge in [-0.3, -0.25) is 4.79 Å². The van der Waals surface area contributed by atoms with E-state index in [0.29, 0.717) is 18.3 Å². The van der Waals surface area contributed by atoms with E-state index in [1.807, 2.05) is 26.8 Å². The maximum absolute atomic E-state index is 12.3. The zero-order valence-electron chi connectivity index (χ0n) is 33.4. The van der Waals surface area contributed by atoms with Crippen molar-refractivity contribution in [3.05, 3.63) is 29.8 Å². The molecule has 286 valence electrons. The molecule has 0 bridgehead atoms. The van der Waals surface area contributed by atoms with E-state index in [9.17, 15) is 14.7 Å². The minimum Gasteiger partial charge on any atom is -0.492 e. The molecule has 0 amide bonds. The number of carbonyl (C=O) groups is 2. The van der Waals surface area contributed by atoms with Gasteiger partial charge in [-0.15, -0.1) is 0 Å². The number of unbranched alkanes of at least 4 members (excludes halogenated alkanes) is 17. The molecular formula is C44H80O5. The Balaban J connectivity index is 0.000000958. The predicted octanol–water partition coefficient (Wildman–Crippen LogP) is 14.2. The van der Waals surface area contributed by atoms with E-state index in [-0.39, 0.29) is 17.6 Å². The van der Waals surface area contributed by atoms with Gasteiger partial charge in [0.15, 0.2) is 0 Å². The number of rotatable bonds is 30. The summed E-state index contributed by atoms with van der Waals surface area (Å²) in [7, 11) is 0. The summed E-state index contributed by atoms with van der Waals surface area (Å²) in [6.45, 7) is 15.4. The molecule has 0 fully saturated rings. The van der Waals surface area contributed by atoms with E-state index < -0.39 is 11.4 Å². The number of benzene rings is 1. The number of carboxylic acid groups (broad SMARTS) is 1. The van der Waals surface area contributed by atoms with Crippen molar-refractivity contribution < 1.29 is 24.2 Å². The van der Waals surface area contributed by atoms with Crippen LogP contribution in [-0.2, 0) is 9.53 Å². The molecule has 0 aliphatic rings. The van der Waals surface area contributed by atoms with Crippen molar-refractivity contribution in [2.24, 2.45) is 11.3 Å². The molecular weight excluding hydrogens is 608 g/mol. The van der Waals surface area contributed by atoms with Crippen LogP contribution in [0.2, 0.25) is 0 Å². The first-order valence-electron chi connectivity index (χ1n) is 20.8. The lowest BCUT2D eigenvalue weighted by Gasteiger charge is -2.23. The minimum atomic E-state index is -0.927. The van der Waals surface area contributed by atoms with Gasteiger partial charge < -0.3 is 14.6 Å². The third kappa shape index (κ3) is 27.4. The normalized spacial score (nSPS) is 12.6. The Morgan fingerprint density at radius 2 is 1.00 bits per heavy atom. The van der Waals surface area contributed by atoms with Crippen LogP contribution in [-0.4, -0.2) is 29.8 Å². The van der Waals surface area contributed by atoms with Gasteiger partial charge in [-0.25, -0.2) is 4.79 Å². The summed E-state index contributed by atoms with van der Waals surface area (Å²) in [5.74, 6) is 0.0572. The van der Waals surface area contributed by atoms with Gasteiger partial charge in [0.1, 0.15) is 17.4 Å². The zero-order chi connectivity index (χ0) is 36.6. The van der Waals surface area contributed by atoms with Gasteiger partial charge in [-0.2, -0.15) is 0 Å². The first-order chi connectivity index (χ1) is 23.6. The highest BCUT2D eigenvalue weighted by atomic mass is 16.5. The molecule has 0 radical (unpaired) electrons. The van der Waals surface area contributed by atoms with Crippen molar-refractivity contribution in [1.82, 2.24) is 0 Å². The summed E-state index contributed by atoms with van der Waals surface area (Å²) in [6, 6.07) is 6.90. The molecule has 1 aromatic rings. The standard InChI is InChI=1S/C25H50O2.C19H30O3/c1-6-8-10-12-14-15-16-18-20-22-23(27-24(26)25(3,4)5)21-19-17-13-11-9-7-2;1-3-5-7-8-12-16(11-6-4-2)15-22-18-14-10-9-13-17(18)19(20)21/h23H,6-22H2,1-5H3;9-10,13-14,16H,3-8,11-12,15H2,1-2H3,(H,20,21).